The Bertz CT molecular complexity index is 982. The largest absolute Gasteiger partial charge is 0.392 e. The van der Waals surface area contributed by atoms with Crippen LogP contribution in [0.15, 0.2) is 23.8 Å². The first-order chi connectivity index (χ1) is 15.7. The first kappa shape index (κ1) is 24.5. The standard InChI is InChI=1S/C26H38FNO6/c1-15-10-19-18-7-6-16-11-17(30)8-9-22(16,4)25(18,27)20(31)12-23(19,5)26(15,32)24(13-29)28(33)21(2,3)14-34-24/h6,8-9,15,18-20,29,31-33H,7,10-14H2,1-5H3/t15-,18?,19?,20-,22-,23-,24?,25-,26+/m0/s1. The summed E-state index contributed by atoms with van der Waals surface area (Å²) in [7, 11) is 0. The topological polar surface area (TPSA) is 110 Å². The van der Waals surface area contributed by atoms with Gasteiger partial charge in [0.15, 0.2) is 17.2 Å². The highest BCUT2D eigenvalue weighted by Gasteiger charge is 2.80. The summed E-state index contributed by atoms with van der Waals surface area (Å²) in [6, 6.07) is 0. The third kappa shape index (κ3) is 2.45. The van der Waals surface area contributed by atoms with Crippen LogP contribution in [0, 0.1) is 28.6 Å². The molecule has 2 saturated carbocycles. The number of carbonyl (C=O) groups excluding carboxylic acids is 1. The highest BCUT2D eigenvalue weighted by atomic mass is 19.1. The molecule has 3 fully saturated rings. The van der Waals surface area contributed by atoms with Crippen LogP contribution in [-0.4, -0.2) is 73.2 Å². The number of ether oxygens (including phenoxy) is 1. The van der Waals surface area contributed by atoms with E-state index in [1.807, 2.05) is 19.9 Å². The number of halogens is 1. The molecule has 0 amide bonds. The van der Waals surface area contributed by atoms with Gasteiger partial charge in [-0.15, -0.1) is 5.06 Å². The number of nitrogens with zero attached hydrogens (tertiary/aromatic N) is 1. The zero-order valence-corrected chi connectivity index (χ0v) is 20.7. The lowest BCUT2D eigenvalue weighted by Crippen LogP contribution is -2.75. The van der Waals surface area contributed by atoms with Gasteiger partial charge in [-0.1, -0.05) is 31.6 Å². The molecule has 0 aromatic heterocycles. The molecule has 1 aliphatic heterocycles. The van der Waals surface area contributed by atoms with Gasteiger partial charge in [0.05, 0.1) is 24.9 Å². The Kier molecular flexibility index (Phi) is 5.04. The van der Waals surface area contributed by atoms with Gasteiger partial charge in [-0.05, 0) is 57.9 Å². The third-order valence-electron chi connectivity index (χ3n) is 10.6. The summed E-state index contributed by atoms with van der Waals surface area (Å²) in [6.45, 7) is 8.43. The average Bonchev–Trinajstić information content (AvgIpc) is 3.13. The van der Waals surface area contributed by atoms with E-state index in [2.05, 4.69) is 0 Å². The minimum atomic E-state index is -2.01. The van der Waals surface area contributed by atoms with E-state index in [0.29, 0.717) is 18.4 Å². The summed E-state index contributed by atoms with van der Waals surface area (Å²) in [5.74, 6) is -1.47. The predicted molar refractivity (Wildman–Crippen MR) is 121 cm³/mol. The van der Waals surface area contributed by atoms with Gasteiger partial charge < -0.3 is 25.3 Å². The minimum Gasteiger partial charge on any atom is -0.392 e. The Balaban J connectivity index is 1.64. The lowest BCUT2D eigenvalue weighted by atomic mass is 9.45. The minimum absolute atomic E-state index is 0.0600. The summed E-state index contributed by atoms with van der Waals surface area (Å²) in [4.78, 5) is 12.1. The molecule has 190 valence electrons. The number of ketones is 1. The van der Waals surface area contributed by atoms with Crippen molar-refractivity contribution in [3.8, 4) is 0 Å². The summed E-state index contributed by atoms with van der Waals surface area (Å²) in [6.07, 6.45) is 4.46. The highest BCUT2D eigenvalue weighted by Crippen LogP contribution is 2.72. The average molecular weight is 480 g/mol. The molecule has 0 radical (unpaired) electrons. The van der Waals surface area contributed by atoms with Gasteiger partial charge in [-0.3, -0.25) is 4.79 Å². The van der Waals surface area contributed by atoms with Crippen LogP contribution >= 0.6 is 0 Å². The van der Waals surface area contributed by atoms with Crippen LogP contribution in [0.4, 0.5) is 4.39 Å². The van der Waals surface area contributed by atoms with Gasteiger partial charge in [0.25, 0.3) is 0 Å². The second-order valence-electron chi connectivity index (χ2n) is 12.5. The number of hydrogen-bond donors (Lipinski definition) is 4. The van der Waals surface area contributed by atoms with E-state index in [1.54, 1.807) is 26.8 Å². The fourth-order valence-corrected chi connectivity index (χ4v) is 8.70. The summed E-state index contributed by atoms with van der Waals surface area (Å²) in [5.41, 5.74) is -7.87. The van der Waals surface area contributed by atoms with Crippen molar-refractivity contribution >= 4 is 5.78 Å². The van der Waals surface area contributed by atoms with Gasteiger partial charge in [0.1, 0.15) is 5.60 Å². The highest BCUT2D eigenvalue weighted by molar-refractivity contribution is 5.93. The monoisotopic (exact) mass is 479 g/mol. The van der Waals surface area contributed by atoms with Gasteiger partial charge >= 0.3 is 0 Å². The van der Waals surface area contributed by atoms with Crippen molar-refractivity contribution in [3.63, 3.8) is 0 Å². The molecule has 34 heavy (non-hydrogen) atoms. The summed E-state index contributed by atoms with van der Waals surface area (Å²) >= 11 is 0. The summed E-state index contributed by atoms with van der Waals surface area (Å²) in [5, 5.41) is 46.7. The fraction of sp³-hybridized carbons (Fsp3) is 0.808. The van der Waals surface area contributed by atoms with E-state index in [9.17, 15) is 25.3 Å². The van der Waals surface area contributed by atoms with Crippen LogP contribution in [-0.2, 0) is 9.53 Å². The first-order valence-corrected chi connectivity index (χ1v) is 12.4. The zero-order chi connectivity index (χ0) is 25.1. The number of hydrogen-bond acceptors (Lipinski definition) is 7. The van der Waals surface area contributed by atoms with Crippen molar-refractivity contribution in [2.24, 2.45) is 28.6 Å². The maximum absolute atomic E-state index is 17.3. The second-order valence-corrected chi connectivity index (χ2v) is 12.5. The SMILES string of the molecule is C[C@H]1CC2C3CC=C4CC(=O)C=C[C@]4(C)[C@@]3(F)[C@@H](O)C[C@]2(C)[C@@]1(O)C1(CO)OCC(C)(C)N1O. The molecule has 8 heteroatoms. The zero-order valence-electron chi connectivity index (χ0n) is 20.7. The number of carbonyl (C=O) groups is 1. The molecule has 9 atom stereocenters. The van der Waals surface area contributed by atoms with Crippen LogP contribution in [0.2, 0.25) is 0 Å². The van der Waals surface area contributed by atoms with E-state index in [1.165, 1.54) is 6.08 Å². The van der Waals surface area contributed by atoms with E-state index in [0.717, 1.165) is 5.06 Å². The Labute approximate surface area is 200 Å². The van der Waals surface area contributed by atoms with Crippen molar-refractivity contribution in [1.29, 1.82) is 0 Å². The third-order valence-corrected chi connectivity index (χ3v) is 10.6. The second kappa shape index (κ2) is 6.99. The molecule has 4 aliphatic carbocycles. The molecule has 0 bridgehead atoms. The Morgan fingerprint density at radius 2 is 1.91 bits per heavy atom. The number of hydroxylamine groups is 2. The molecule has 7 nitrogen and oxygen atoms in total. The maximum Gasteiger partial charge on any atom is 0.196 e. The normalized spacial score (nSPS) is 54.4. The molecule has 3 unspecified atom stereocenters. The Hall–Kier alpha value is -1.16. The lowest BCUT2D eigenvalue weighted by molar-refractivity contribution is -0.361. The van der Waals surface area contributed by atoms with E-state index < -0.39 is 57.9 Å². The van der Waals surface area contributed by atoms with E-state index in [-0.39, 0.29) is 31.1 Å². The van der Waals surface area contributed by atoms with Crippen molar-refractivity contribution in [2.45, 2.75) is 88.9 Å². The van der Waals surface area contributed by atoms with Crippen molar-refractivity contribution < 1.29 is 34.4 Å². The molecule has 5 aliphatic rings. The number of aliphatic hydroxyl groups excluding tert-OH is 2. The molecule has 0 spiro atoms. The molecule has 4 N–H and O–H groups in total. The van der Waals surface area contributed by atoms with Crippen LogP contribution in [0.1, 0.15) is 60.3 Å². The number of allylic oxidation sites excluding steroid dienone is 4. The summed E-state index contributed by atoms with van der Waals surface area (Å²) < 4.78 is 23.4. The maximum atomic E-state index is 17.3. The molecule has 0 aromatic rings. The molecular weight excluding hydrogens is 441 g/mol. The van der Waals surface area contributed by atoms with Gasteiger partial charge in [0.2, 0.25) is 0 Å². The first-order valence-electron chi connectivity index (χ1n) is 12.4. The van der Waals surface area contributed by atoms with E-state index >= 15 is 4.39 Å². The van der Waals surface area contributed by atoms with Gasteiger partial charge in [-0.25, -0.2) is 4.39 Å². The quantitative estimate of drug-likeness (QED) is 0.451. The number of rotatable bonds is 2. The van der Waals surface area contributed by atoms with E-state index in [4.69, 9.17) is 4.74 Å². The van der Waals surface area contributed by atoms with Crippen molar-refractivity contribution in [1.82, 2.24) is 5.06 Å². The molecule has 5 rings (SSSR count). The smallest absolute Gasteiger partial charge is 0.196 e. The Morgan fingerprint density at radius 3 is 2.50 bits per heavy atom. The van der Waals surface area contributed by atoms with Crippen LogP contribution in [0.3, 0.4) is 0 Å². The molecule has 0 aromatic carbocycles. The molecule has 1 saturated heterocycles. The Morgan fingerprint density at radius 1 is 1.24 bits per heavy atom. The predicted octanol–water partition coefficient (Wildman–Crippen LogP) is 2.52. The van der Waals surface area contributed by atoms with Crippen LogP contribution < -0.4 is 0 Å². The molecule has 1 heterocycles. The number of alkyl halides is 1. The van der Waals surface area contributed by atoms with Crippen LogP contribution in [0.25, 0.3) is 0 Å². The number of fused-ring (bicyclic) bond motifs is 5. The fourth-order valence-electron chi connectivity index (χ4n) is 8.70. The number of aliphatic hydroxyl groups is 3. The van der Waals surface area contributed by atoms with Crippen molar-refractivity contribution in [3.05, 3.63) is 23.8 Å². The van der Waals surface area contributed by atoms with Crippen molar-refractivity contribution in [2.75, 3.05) is 13.2 Å². The van der Waals surface area contributed by atoms with Gasteiger partial charge in [-0.2, -0.15) is 0 Å². The van der Waals surface area contributed by atoms with Gasteiger partial charge in [0, 0.05) is 23.2 Å². The van der Waals surface area contributed by atoms with Crippen LogP contribution in [0.5, 0.6) is 0 Å². The molecular formula is C26H38FNO6. The lowest BCUT2D eigenvalue weighted by Gasteiger charge is -2.64.